The van der Waals surface area contributed by atoms with Crippen LogP contribution in [0.3, 0.4) is 0 Å². The smallest absolute Gasteiger partial charge is 0.226 e. The largest absolute Gasteiger partial charge is 0.354 e. The van der Waals surface area contributed by atoms with Crippen LogP contribution in [0, 0.1) is 11.3 Å². The number of rotatable bonds is 6. The van der Waals surface area contributed by atoms with Gasteiger partial charge >= 0.3 is 0 Å². The van der Waals surface area contributed by atoms with Gasteiger partial charge in [-0.1, -0.05) is 26.7 Å². The molecule has 1 amide bonds. The normalized spacial score (nSPS) is 17.9. The molecular weight excluding hydrogens is 236 g/mol. The summed E-state index contributed by atoms with van der Waals surface area (Å²) < 4.78 is 0. The molecule has 1 rings (SSSR count). The van der Waals surface area contributed by atoms with Crippen LogP contribution in [0.2, 0.25) is 0 Å². The highest BCUT2D eigenvalue weighted by atomic mass is 35.5. The lowest BCUT2D eigenvalue weighted by Crippen LogP contribution is -2.42. The molecular formula is C13H27ClN2O. The first-order chi connectivity index (χ1) is 7.60. The van der Waals surface area contributed by atoms with Crippen molar-refractivity contribution in [2.75, 3.05) is 20.1 Å². The van der Waals surface area contributed by atoms with Gasteiger partial charge < -0.3 is 10.6 Å². The number of nitrogens with one attached hydrogen (secondary N) is 2. The number of carbonyl (C=O) groups is 1. The number of amides is 1. The Balaban J connectivity index is 0.00000256. The van der Waals surface area contributed by atoms with Crippen LogP contribution in [0.1, 0.15) is 46.0 Å². The summed E-state index contributed by atoms with van der Waals surface area (Å²) in [4.78, 5) is 12.2. The maximum Gasteiger partial charge on any atom is 0.226 e. The SMILES string of the molecule is CNCCNC(=O)C1(CC(C)C)CCCC1.Cl. The van der Waals surface area contributed by atoms with Crippen LogP contribution in [-0.4, -0.2) is 26.0 Å². The maximum atomic E-state index is 12.2. The van der Waals surface area contributed by atoms with E-state index in [1.807, 2.05) is 7.05 Å². The molecule has 1 aliphatic rings. The van der Waals surface area contributed by atoms with E-state index in [4.69, 9.17) is 0 Å². The lowest BCUT2D eigenvalue weighted by Gasteiger charge is -2.29. The van der Waals surface area contributed by atoms with E-state index in [0.29, 0.717) is 5.92 Å². The van der Waals surface area contributed by atoms with Crippen LogP contribution in [0.5, 0.6) is 0 Å². The topological polar surface area (TPSA) is 41.1 Å². The minimum Gasteiger partial charge on any atom is -0.354 e. The van der Waals surface area contributed by atoms with E-state index >= 15 is 0 Å². The summed E-state index contributed by atoms with van der Waals surface area (Å²) >= 11 is 0. The molecule has 0 aliphatic heterocycles. The molecule has 0 unspecified atom stereocenters. The second kappa shape index (κ2) is 7.93. The fourth-order valence-electron chi connectivity index (χ4n) is 2.85. The van der Waals surface area contributed by atoms with E-state index in [2.05, 4.69) is 24.5 Å². The standard InChI is InChI=1S/C13H26N2O.ClH/c1-11(2)10-13(6-4-5-7-13)12(16)15-9-8-14-3;/h11,14H,4-10H2,1-3H3,(H,15,16);1H. The molecule has 0 aromatic rings. The molecule has 0 atom stereocenters. The highest BCUT2D eigenvalue weighted by Crippen LogP contribution is 2.43. The van der Waals surface area contributed by atoms with E-state index in [1.54, 1.807) is 0 Å². The molecule has 0 aromatic heterocycles. The van der Waals surface area contributed by atoms with Gasteiger partial charge in [-0.3, -0.25) is 4.79 Å². The Hall–Kier alpha value is -0.280. The van der Waals surface area contributed by atoms with Gasteiger partial charge in [0.2, 0.25) is 5.91 Å². The summed E-state index contributed by atoms with van der Waals surface area (Å²) in [5.74, 6) is 0.891. The zero-order valence-electron chi connectivity index (χ0n) is 11.3. The van der Waals surface area contributed by atoms with E-state index in [9.17, 15) is 4.79 Å². The van der Waals surface area contributed by atoms with Gasteiger partial charge in [0.1, 0.15) is 0 Å². The van der Waals surface area contributed by atoms with Crippen molar-refractivity contribution in [2.45, 2.75) is 46.0 Å². The van der Waals surface area contributed by atoms with Crippen molar-refractivity contribution in [3.8, 4) is 0 Å². The summed E-state index contributed by atoms with van der Waals surface area (Å²) in [6, 6.07) is 0. The van der Waals surface area contributed by atoms with Crippen molar-refractivity contribution >= 4 is 18.3 Å². The first-order valence-corrected chi connectivity index (χ1v) is 6.53. The van der Waals surface area contributed by atoms with Gasteiger partial charge in [0.25, 0.3) is 0 Å². The molecule has 3 nitrogen and oxygen atoms in total. The van der Waals surface area contributed by atoms with Crippen molar-refractivity contribution < 1.29 is 4.79 Å². The minimum atomic E-state index is -0.0537. The molecule has 17 heavy (non-hydrogen) atoms. The van der Waals surface area contributed by atoms with E-state index in [-0.39, 0.29) is 23.7 Å². The number of hydrogen-bond acceptors (Lipinski definition) is 2. The van der Waals surface area contributed by atoms with Gasteiger partial charge in [-0.05, 0) is 32.2 Å². The van der Waals surface area contributed by atoms with Gasteiger partial charge in [-0.15, -0.1) is 12.4 Å². The molecule has 0 spiro atoms. The van der Waals surface area contributed by atoms with E-state index in [0.717, 1.165) is 32.4 Å². The second-order valence-electron chi connectivity index (χ2n) is 5.44. The summed E-state index contributed by atoms with van der Waals surface area (Å²) in [6.45, 7) is 6.01. The molecule has 0 radical (unpaired) electrons. The van der Waals surface area contributed by atoms with E-state index in [1.165, 1.54) is 12.8 Å². The highest BCUT2D eigenvalue weighted by Gasteiger charge is 2.40. The predicted octanol–water partition coefficient (Wildman–Crippen LogP) is 2.35. The zero-order chi connectivity index (χ0) is 12.0. The maximum absolute atomic E-state index is 12.2. The van der Waals surface area contributed by atoms with Crippen molar-refractivity contribution in [3.05, 3.63) is 0 Å². The zero-order valence-corrected chi connectivity index (χ0v) is 12.2. The van der Waals surface area contributed by atoms with Crippen molar-refractivity contribution in [2.24, 2.45) is 11.3 Å². The van der Waals surface area contributed by atoms with Crippen LogP contribution in [0.15, 0.2) is 0 Å². The van der Waals surface area contributed by atoms with Gasteiger partial charge in [0, 0.05) is 18.5 Å². The molecule has 1 aliphatic carbocycles. The van der Waals surface area contributed by atoms with Crippen LogP contribution in [-0.2, 0) is 4.79 Å². The Morgan fingerprint density at radius 1 is 1.24 bits per heavy atom. The summed E-state index contributed by atoms with van der Waals surface area (Å²) in [5.41, 5.74) is -0.0537. The van der Waals surface area contributed by atoms with Crippen LogP contribution in [0.4, 0.5) is 0 Å². The minimum absolute atomic E-state index is 0. The fourth-order valence-corrected chi connectivity index (χ4v) is 2.85. The van der Waals surface area contributed by atoms with Crippen LogP contribution < -0.4 is 10.6 Å². The van der Waals surface area contributed by atoms with Crippen molar-refractivity contribution in [3.63, 3.8) is 0 Å². The predicted molar refractivity (Wildman–Crippen MR) is 74.5 cm³/mol. The lowest BCUT2D eigenvalue weighted by molar-refractivity contribution is -0.131. The number of hydrogen-bond donors (Lipinski definition) is 2. The third kappa shape index (κ3) is 4.84. The van der Waals surface area contributed by atoms with Gasteiger partial charge in [0.15, 0.2) is 0 Å². The first-order valence-electron chi connectivity index (χ1n) is 6.53. The third-order valence-corrected chi connectivity index (χ3v) is 3.50. The molecule has 0 bridgehead atoms. The van der Waals surface area contributed by atoms with Crippen LogP contribution in [0.25, 0.3) is 0 Å². The Bertz CT molecular complexity index is 225. The first kappa shape index (κ1) is 16.7. The second-order valence-corrected chi connectivity index (χ2v) is 5.44. The molecule has 0 heterocycles. The summed E-state index contributed by atoms with van der Waals surface area (Å²) in [7, 11) is 1.91. The molecule has 1 fully saturated rings. The van der Waals surface area contributed by atoms with Gasteiger partial charge in [-0.25, -0.2) is 0 Å². The Kier molecular flexibility index (Phi) is 7.80. The summed E-state index contributed by atoms with van der Waals surface area (Å²) in [5, 5.41) is 6.12. The van der Waals surface area contributed by atoms with Gasteiger partial charge in [-0.2, -0.15) is 0 Å². The third-order valence-electron chi connectivity index (χ3n) is 3.50. The average Bonchev–Trinajstić information content (AvgIpc) is 2.67. The molecule has 0 aromatic carbocycles. The molecule has 102 valence electrons. The van der Waals surface area contributed by atoms with E-state index < -0.39 is 0 Å². The Morgan fingerprint density at radius 2 is 1.82 bits per heavy atom. The lowest BCUT2D eigenvalue weighted by atomic mass is 9.77. The van der Waals surface area contributed by atoms with Crippen molar-refractivity contribution in [1.82, 2.24) is 10.6 Å². The highest BCUT2D eigenvalue weighted by molar-refractivity contribution is 5.85. The van der Waals surface area contributed by atoms with Gasteiger partial charge in [0.05, 0.1) is 0 Å². The number of likely N-dealkylation sites (N-methyl/N-ethyl adjacent to an activating group) is 1. The average molecular weight is 263 g/mol. The molecule has 0 saturated heterocycles. The molecule has 1 saturated carbocycles. The Morgan fingerprint density at radius 3 is 2.29 bits per heavy atom. The monoisotopic (exact) mass is 262 g/mol. The fraction of sp³-hybridized carbons (Fsp3) is 0.923. The van der Waals surface area contributed by atoms with Crippen molar-refractivity contribution in [1.29, 1.82) is 0 Å². The number of carbonyl (C=O) groups excluding carboxylic acids is 1. The molecule has 2 N–H and O–H groups in total. The quantitative estimate of drug-likeness (QED) is 0.722. The number of halogens is 1. The molecule has 4 heteroatoms. The van der Waals surface area contributed by atoms with Crippen LogP contribution >= 0.6 is 12.4 Å². The Labute approximate surface area is 112 Å². The summed E-state index contributed by atoms with van der Waals surface area (Å²) in [6.07, 6.45) is 5.63.